The van der Waals surface area contributed by atoms with Crippen LogP contribution in [0.5, 0.6) is 5.75 Å². The summed E-state index contributed by atoms with van der Waals surface area (Å²) < 4.78 is 6.99. The van der Waals surface area contributed by atoms with E-state index in [1.54, 1.807) is 0 Å². The number of hydrogen-bond donors (Lipinski definition) is 0. The average Bonchev–Trinajstić information content (AvgIpc) is 3.05. The largest absolute Gasteiger partial charge is 0.493 e. The summed E-state index contributed by atoms with van der Waals surface area (Å²) in [5, 5.41) is 0.109. The Morgan fingerprint density at radius 1 is 1.19 bits per heavy atom. The van der Waals surface area contributed by atoms with Gasteiger partial charge in [-0.05, 0) is 53.1 Å². The van der Waals surface area contributed by atoms with E-state index in [4.69, 9.17) is 16.3 Å². The predicted octanol–water partition coefficient (Wildman–Crippen LogP) is 5.08. The maximum absolute atomic E-state index is 6.70. The highest BCUT2D eigenvalue weighted by molar-refractivity contribution is 9.10. The van der Waals surface area contributed by atoms with E-state index in [2.05, 4.69) is 52.3 Å². The summed E-state index contributed by atoms with van der Waals surface area (Å²) >= 11 is 10.3. The van der Waals surface area contributed by atoms with Crippen LogP contribution in [0, 0.1) is 5.92 Å². The molecule has 1 aliphatic heterocycles. The van der Waals surface area contributed by atoms with Crippen LogP contribution in [0.3, 0.4) is 0 Å². The fraction of sp³-hybridized carbons (Fsp3) is 0.333. The van der Waals surface area contributed by atoms with Crippen molar-refractivity contribution in [1.29, 1.82) is 0 Å². The first-order chi connectivity index (χ1) is 10.2. The SMILES string of the molecule is ClC1c2ccccc2CC1Cc1cc(Br)cc2c1OCC2. The van der Waals surface area contributed by atoms with Crippen LogP contribution in [0.2, 0.25) is 0 Å². The Balaban J connectivity index is 1.64. The van der Waals surface area contributed by atoms with E-state index < -0.39 is 0 Å². The van der Waals surface area contributed by atoms with Crippen LogP contribution in [-0.2, 0) is 19.3 Å². The van der Waals surface area contributed by atoms with Gasteiger partial charge in [-0.1, -0.05) is 40.2 Å². The number of benzene rings is 2. The molecule has 0 amide bonds. The van der Waals surface area contributed by atoms with E-state index in [9.17, 15) is 0 Å². The minimum atomic E-state index is 0.109. The van der Waals surface area contributed by atoms with E-state index in [1.807, 2.05) is 0 Å². The first kappa shape index (κ1) is 13.7. The molecule has 1 heterocycles. The zero-order valence-electron chi connectivity index (χ0n) is 11.6. The zero-order valence-corrected chi connectivity index (χ0v) is 14.0. The molecule has 0 radical (unpaired) electrons. The molecule has 108 valence electrons. The van der Waals surface area contributed by atoms with Gasteiger partial charge in [0.1, 0.15) is 5.75 Å². The molecular formula is C18H16BrClO. The van der Waals surface area contributed by atoms with Gasteiger partial charge in [0.2, 0.25) is 0 Å². The molecule has 0 bridgehead atoms. The van der Waals surface area contributed by atoms with Crippen molar-refractivity contribution in [3.05, 3.63) is 63.1 Å². The van der Waals surface area contributed by atoms with Gasteiger partial charge in [-0.3, -0.25) is 0 Å². The molecule has 2 unspecified atom stereocenters. The number of ether oxygens (including phenoxy) is 1. The monoisotopic (exact) mass is 362 g/mol. The highest BCUT2D eigenvalue weighted by Crippen LogP contribution is 2.44. The van der Waals surface area contributed by atoms with Crippen LogP contribution in [0.4, 0.5) is 0 Å². The van der Waals surface area contributed by atoms with Gasteiger partial charge >= 0.3 is 0 Å². The summed E-state index contributed by atoms with van der Waals surface area (Å²) in [5.74, 6) is 1.55. The third-order valence-electron chi connectivity index (χ3n) is 4.56. The van der Waals surface area contributed by atoms with Gasteiger partial charge in [0.15, 0.2) is 0 Å². The van der Waals surface area contributed by atoms with Gasteiger partial charge < -0.3 is 4.74 Å². The molecule has 0 N–H and O–H groups in total. The van der Waals surface area contributed by atoms with Gasteiger partial charge in [-0.15, -0.1) is 11.6 Å². The maximum atomic E-state index is 6.70. The molecule has 4 rings (SSSR count). The summed E-state index contributed by atoms with van der Waals surface area (Å²) in [4.78, 5) is 0. The lowest BCUT2D eigenvalue weighted by Crippen LogP contribution is -2.08. The van der Waals surface area contributed by atoms with Crippen molar-refractivity contribution >= 4 is 27.5 Å². The molecule has 2 aliphatic rings. The van der Waals surface area contributed by atoms with E-state index >= 15 is 0 Å². The van der Waals surface area contributed by atoms with Crippen LogP contribution in [0.25, 0.3) is 0 Å². The number of halogens is 2. The van der Waals surface area contributed by atoms with E-state index in [0.717, 1.165) is 36.1 Å². The Bertz CT molecular complexity index is 698. The zero-order chi connectivity index (χ0) is 14.4. The van der Waals surface area contributed by atoms with Crippen LogP contribution in [-0.4, -0.2) is 6.61 Å². The molecular weight excluding hydrogens is 348 g/mol. The molecule has 3 heteroatoms. The molecule has 2 aromatic carbocycles. The maximum Gasteiger partial charge on any atom is 0.125 e. The molecule has 2 atom stereocenters. The third kappa shape index (κ3) is 2.39. The van der Waals surface area contributed by atoms with Gasteiger partial charge in [-0.2, -0.15) is 0 Å². The van der Waals surface area contributed by atoms with Crippen LogP contribution in [0.1, 0.15) is 27.6 Å². The molecule has 0 saturated heterocycles. The number of rotatable bonds is 2. The Hall–Kier alpha value is -0.990. The Kier molecular flexibility index (Phi) is 3.47. The average molecular weight is 364 g/mol. The minimum absolute atomic E-state index is 0.109. The first-order valence-electron chi connectivity index (χ1n) is 7.38. The van der Waals surface area contributed by atoms with Crippen molar-refractivity contribution in [2.75, 3.05) is 6.61 Å². The lowest BCUT2D eigenvalue weighted by molar-refractivity contribution is 0.351. The molecule has 1 nitrogen and oxygen atoms in total. The van der Waals surface area contributed by atoms with Crippen LogP contribution in [0.15, 0.2) is 40.9 Å². The summed E-state index contributed by atoms with van der Waals surface area (Å²) in [6, 6.07) is 12.9. The van der Waals surface area contributed by atoms with E-state index in [0.29, 0.717) is 5.92 Å². The van der Waals surface area contributed by atoms with Crippen molar-refractivity contribution in [2.24, 2.45) is 5.92 Å². The second-order valence-electron chi connectivity index (χ2n) is 5.92. The smallest absolute Gasteiger partial charge is 0.125 e. The van der Waals surface area contributed by atoms with Crippen LogP contribution < -0.4 is 4.74 Å². The predicted molar refractivity (Wildman–Crippen MR) is 89.3 cm³/mol. The van der Waals surface area contributed by atoms with E-state index in [1.165, 1.54) is 22.3 Å². The molecule has 0 saturated carbocycles. The Morgan fingerprint density at radius 3 is 2.90 bits per heavy atom. The van der Waals surface area contributed by atoms with Crippen molar-refractivity contribution in [2.45, 2.75) is 24.6 Å². The van der Waals surface area contributed by atoms with Crippen LogP contribution >= 0.6 is 27.5 Å². The van der Waals surface area contributed by atoms with Gasteiger partial charge in [0.25, 0.3) is 0 Å². The molecule has 0 fully saturated rings. The lowest BCUT2D eigenvalue weighted by atomic mass is 9.94. The number of hydrogen-bond acceptors (Lipinski definition) is 1. The summed E-state index contributed by atoms with van der Waals surface area (Å²) in [6.45, 7) is 0.800. The quantitative estimate of drug-likeness (QED) is 0.676. The van der Waals surface area contributed by atoms with Crippen molar-refractivity contribution in [1.82, 2.24) is 0 Å². The van der Waals surface area contributed by atoms with Gasteiger partial charge in [0.05, 0.1) is 12.0 Å². The summed E-state index contributed by atoms with van der Waals surface area (Å²) in [5.41, 5.74) is 5.31. The topological polar surface area (TPSA) is 9.23 Å². The summed E-state index contributed by atoms with van der Waals surface area (Å²) in [7, 11) is 0. The van der Waals surface area contributed by atoms with Crippen molar-refractivity contribution in [3.8, 4) is 5.75 Å². The molecule has 21 heavy (non-hydrogen) atoms. The minimum Gasteiger partial charge on any atom is -0.493 e. The standard InChI is InChI=1S/C18H16BrClO/c19-15-9-12-5-6-21-18(12)14(10-15)8-13-7-11-3-1-2-4-16(11)17(13)20/h1-4,9-10,13,17H,5-8H2. The third-order valence-corrected chi connectivity index (χ3v) is 5.60. The Morgan fingerprint density at radius 2 is 2.05 bits per heavy atom. The summed E-state index contributed by atoms with van der Waals surface area (Å²) in [6.07, 6.45) is 3.05. The first-order valence-corrected chi connectivity index (χ1v) is 8.61. The van der Waals surface area contributed by atoms with Crippen molar-refractivity contribution < 1.29 is 4.74 Å². The van der Waals surface area contributed by atoms with Crippen molar-refractivity contribution in [3.63, 3.8) is 0 Å². The van der Waals surface area contributed by atoms with Gasteiger partial charge in [-0.25, -0.2) is 0 Å². The second kappa shape index (κ2) is 5.33. The van der Waals surface area contributed by atoms with Gasteiger partial charge in [0, 0.05) is 10.9 Å². The molecule has 1 aliphatic carbocycles. The fourth-order valence-corrected chi connectivity index (χ4v) is 4.53. The number of alkyl halides is 1. The Labute approximate surface area is 138 Å². The molecule has 0 spiro atoms. The highest BCUT2D eigenvalue weighted by Gasteiger charge is 2.32. The van der Waals surface area contributed by atoms with E-state index in [-0.39, 0.29) is 5.38 Å². The fourth-order valence-electron chi connectivity index (χ4n) is 3.58. The molecule has 2 aromatic rings. The lowest BCUT2D eigenvalue weighted by Gasteiger charge is -2.16. The molecule has 0 aromatic heterocycles. The second-order valence-corrected chi connectivity index (χ2v) is 7.31. The number of fused-ring (bicyclic) bond motifs is 2. The highest BCUT2D eigenvalue weighted by atomic mass is 79.9. The normalized spacial score (nSPS) is 22.8.